The number of amides is 1. The molecule has 20 heavy (non-hydrogen) atoms. The lowest BCUT2D eigenvalue weighted by molar-refractivity contribution is 0.0802. The minimum Gasteiger partial charge on any atom is -0.394 e. The number of aliphatic hydroxyl groups excluding tert-OH is 2. The van der Waals surface area contributed by atoms with E-state index < -0.39 is 28.6 Å². The molecule has 0 spiro atoms. The number of hydrogen-bond donors (Lipinski definition) is 3. The van der Waals surface area contributed by atoms with Gasteiger partial charge in [-0.1, -0.05) is 0 Å². The van der Waals surface area contributed by atoms with E-state index in [9.17, 15) is 13.2 Å². The van der Waals surface area contributed by atoms with E-state index in [1.165, 1.54) is 38.4 Å². The molecule has 0 radical (unpaired) electrons. The molecule has 1 unspecified atom stereocenters. The molecule has 1 aromatic rings. The number of nitrogens with zero attached hydrogens (tertiary/aromatic N) is 1. The van der Waals surface area contributed by atoms with Crippen molar-refractivity contribution in [1.29, 1.82) is 0 Å². The van der Waals surface area contributed by atoms with E-state index in [4.69, 9.17) is 10.2 Å². The van der Waals surface area contributed by atoms with Crippen LogP contribution in [0.1, 0.15) is 10.4 Å². The molecule has 1 aromatic carbocycles. The van der Waals surface area contributed by atoms with Crippen molar-refractivity contribution in [2.45, 2.75) is 11.0 Å². The lowest BCUT2D eigenvalue weighted by Gasteiger charge is -2.12. The van der Waals surface area contributed by atoms with Crippen molar-refractivity contribution >= 4 is 15.9 Å². The predicted molar refractivity (Wildman–Crippen MR) is 72.7 cm³/mol. The number of aliphatic hydroxyl groups is 2. The first-order valence-corrected chi connectivity index (χ1v) is 7.32. The van der Waals surface area contributed by atoms with E-state index in [1.807, 2.05) is 0 Å². The topological polar surface area (TPSA) is 107 Å². The van der Waals surface area contributed by atoms with Gasteiger partial charge in [-0.05, 0) is 24.3 Å². The smallest absolute Gasteiger partial charge is 0.251 e. The van der Waals surface area contributed by atoms with Crippen molar-refractivity contribution in [1.82, 2.24) is 9.62 Å². The fourth-order valence-corrected chi connectivity index (χ4v) is 2.27. The minimum absolute atomic E-state index is 0.0763. The third-order valence-electron chi connectivity index (χ3n) is 2.60. The summed E-state index contributed by atoms with van der Waals surface area (Å²) in [4.78, 5) is 11.8. The fourth-order valence-electron chi connectivity index (χ4n) is 1.37. The molecule has 0 fully saturated rings. The van der Waals surface area contributed by atoms with Gasteiger partial charge in [0.05, 0.1) is 17.6 Å². The molecule has 1 amide bonds. The molecule has 7 nitrogen and oxygen atoms in total. The molecule has 8 heteroatoms. The van der Waals surface area contributed by atoms with Crippen LogP contribution >= 0.6 is 0 Å². The third-order valence-corrected chi connectivity index (χ3v) is 4.43. The second-order valence-corrected chi connectivity index (χ2v) is 6.51. The summed E-state index contributed by atoms with van der Waals surface area (Å²) in [5, 5.41) is 20.2. The number of sulfonamides is 1. The lowest BCUT2D eigenvalue weighted by atomic mass is 10.2. The van der Waals surface area contributed by atoms with Gasteiger partial charge in [0.25, 0.3) is 5.91 Å². The van der Waals surface area contributed by atoms with Gasteiger partial charge in [-0.25, -0.2) is 12.7 Å². The molecular weight excluding hydrogens is 284 g/mol. The lowest BCUT2D eigenvalue weighted by Crippen LogP contribution is -2.33. The number of hydrogen-bond acceptors (Lipinski definition) is 5. The first-order valence-electron chi connectivity index (χ1n) is 5.88. The molecule has 0 bridgehead atoms. The zero-order valence-corrected chi connectivity index (χ0v) is 12.1. The van der Waals surface area contributed by atoms with Crippen molar-refractivity contribution < 1.29 is 23.4 Å². The van der Waals surface area contributed by atoms with Crippen LogP contribution in [0.5, 0.6) is 0 Å². The molecule has 0 aromatic heterocycles. The van der Waals surface area contributed by atoms with Gasteiger partial charge in [-0.3, -0.25) is 4.79 Å². The van der Waals surface area contributed by atoms with Crippen molar-refractivity contribution in [3.8, 4) is 0 Å². The highest BCUT2D eigenvalue weighted by atomic mass is 32.2. The number of nitrogens with one attached hydrogen (secondary N) is 1. The third kappa shape index (κ3) is 4.01. The van der Waals surface area contributed by atoms with E-state index in [0.29, 0.717) is 0 Å². The normalized spacial score (nSPS) is 13.2. The second-order valence-electron chi connectivity index (χ2n) is 4.36. The molecule has 0 aliphatic rings. The Kier molecular flexibility index (Phi) is 5.63. The average Bonchev–Trinajstić information content (AvgIpc) is 2.44. The van der Waals surface area contributed by atoms with E-state index in [0.717, 1.165) is 4.31 Å². The summed E-state index contributed by atoms with van der Waals surface area (Å²) in [6.07, 6.45) is -1.02. The summed E-state index contributed by atoms with van der Waals surface area (Å²) in [6, 6.07) is 5.45. The standard InChI is InChI=1S/C12H18N2O5S/c1-14(2)20(18,19)11-5-3-9(4-6-11)12(17)13-7-10(16)8-15/h3-6,10,15-16H,7-8H2,1-2H3,(H,13,17). The minimum atomic E-state index is -3.52. The maximum absolute atomic E-state index is 11.8. The van der Waals surface area contributed by atoms with Gasteiger partial charge < -0.3 is 15.5 Å². The Balaban J connectivity index is 2.79. The van der Waals surface area contributed by atoms with Crippen LogP contribution in [-0.4, -0.2) is 62.2 Å². The van der Waals surface area contributed by atoms with Crippen LogP contribution in [0.3, 0.4) is 0 Å². The number of carbonyl (C=O) groups excluding carboxylic acids is 1. The molecule has 1 rings (SSSR count). The van der Waals surface area contributed by atoms with Gasteiger partial charge in [0.2, 0.25) is 10.0 Å². The summed E-state index contributed by atoms with van der Waals surface area (Å²) in [7, 11) is -0.675. The van der Waals surface area contributed by atoms with Crippen molar-refractivity contribution in [2.24, 2.45) is 0 Å². The molecule has 0 saturated carbocycles. The van der Waals surface area contributed by atoms with Gasteiger partial charge in [0.15, 0.2) is 0 Å². The molecule has 0 heterocycles. The highest BCUT2D eigenvalue weighted by Crippen LogP contribution is 2.13. The van der Waals surface area contributed by atoms with Gasteiger partial charge >= 0.3 is 0 Å². The molecule has 1 atom stereocenters. The van der Waals surface area contributed by atoms with E-state index in [2.05, 4.69) is 5.32 Å². The van der Waals surface area contributed by atoms with Crippen molar-refractivity contribution in [3.63, 3.8) is 0 Å². The van der Waals surface area contributed by atoms with Gasteiger partial charge in [-0.2, -0.15) is 0 Å². The number of rotatable bonds is 6. The first kappa shape index (κ1) is 16.6. The van der Waals surface area contributed by atoms with Gasteiger partial charge in [-0.15, -0.1) is 0 Å². The molecule has 0 aliphatic carbocycles. The van der Waals surface area contributed by atoms with Crippen LogP contribution in [0.25, 0.3) is 0 Å². The molecule has 3 N–H and O–H groups in total. The van der Waals surface area contributed by atoms with Crippen LogP contribution in [0, 0.1) is 0 Å². The highest BCUT2D eigenvalue weighted by molar-refractivity contribution is 7.89. The number of carbonyl (C=O) groups is 1. The summed E-state index contributed by atoms with van der Waals surface area (Å²) in [5.74, 6) is -0.452. The quantitative estimate of drug-likeness (QED) is 0.626. The second kappa shape index (κ2) is 6.80. The maximum Gasteiger partial charge on any atom is 0.251 e. The Bertz CT molecular complexity index is 554. The predicted octanol–water partition coefficient (Wildman–Crippen LogP) is -0.980. The Labute approximate surface area is 117 Å². The van der Waals surface area contributed by atoms with E-state index in [-0.39, 0.29) is 17.0 Å². The Morgan fingerprint density at radius 1 is 1.30 bits per heavy atom. The SMILES string of the molecule is CN(C)S(=O)(=O)c1ccc(C(=O)NCC(O)CO)cc1. The largest absolute Gasteiger partial charge is 0.394 e. The summed E-state index contributed by atoms with van der Waals surface area (Å²) in [5.41, 5.74) is 0.271. The molecular formula is C12H18N2O5S. The average molecular weight is 302 g/mol. The molecule has 0 saturated heterocycles. The zero-order chi connectivity index (χ0) is 15.3. The fraction of sp³-hybridized carbons (Fsp3) is 0.417. The first-order chi connectivity index (χ1) is 9.28. The van der Waals surface area contributed by atoms with Crippen LogP contribution in [0.15, 0.2) is 29.2 Å². The van der Waals surface area contributed by atoms with Crippen LogP contribution in [0.2, 0.25) is 0 Å². The Morgan fingerprint density at radius 2 is 1.85 bits per heavy atom. The summed E-state index contributed by atoms with van der Waals surface area (Å²) < 4.78 is 24.7. The van der Waals surface area contributed by atoms with Crippen LogP contribution in [0.4, 0.5) is 0 Å². The Hall–Kier alpha value is -1.48. The molecule has 112 valence electrons. The van der Waals surface area contributed by atoms with Crippen LogP contribution < -0.4 is 5.32 Å². The van der Waals surface area contributed by atoms with E-state index in [1.54, 1.807) is 0 Å². The maximum atomic E-state index is 11.8. The van der Waals surface area contributed by atoms with Gasteiger partial charge in [0.1, 0.15) is 0 Å². The summed E-state index contributed by atoms with van der Waals surface area (Å²) in [6.45, 7) is -0.520. The Morgan fingerprint density at radius 3 is 2.30 bits per heavy atom. The number of benzene rings is 1. The monoisotopic (exact) mass is 302 g/mol. The van der Waals surface area contributed by atoms with Gasteiger partial charge in [0, 0.05) is 26.2 Å². The summed E-state index contributed by atoms with van der Waals surface area (Å²) >= 11 is 0. The van der Waals surface area contributed by atoms with Crippen LogP contribution in [-0.2, 0) is 10.0 Å². The van der Waals surface area contributed by atoms with Crippen molar-refractivity contribution in [2.75, 3.05) is 27.2 Å². The molecule has 0 aliphatic heterocycles. The highest BCUT2D eigenvalue weighted by Gasteiger charge is 2.17. The van der Waals surface area contributed by atoms with Crippen molar-refractivity contribution in [3.05, 3.63) is 29.8 Å². The van der Waals surface area contributed by atoms with E-state index >= 15 is 0 Å². The zero-order valence-electron chi connectivity index (χ0n) is 11.3.